The average Bonchev–Trinajstić information content (AvgIpc) is 2.80. The van der Waals surface area contributed by atoms with Gasteiger partial charge in [0.1, 0.15) is 12.2 Å². The highest BCUT2D eigenvalue weighted by molar-refractivity contribution is 5.65. The van der Waals surface area contributed by atoms with Crippen LogP contribution in [0.25, 0.3) is 0 Å². The van der Waals surface area contributed by atoms with Crippen molar-refractivity contribution in [3.05, 3.63) is 35.4 Å². The molecule has 1 aliphatic carbocycles. The molecule has 3 aliphatic rings. The molecule has 1 aromatic rings. The molecular weight excluding hydrogens is 308 g/mol. The summed E-state index contributed by atoms with van der Waals surface area (Å²) in [6.45, 7) is 1.86. The number of carbonyl (C=O) groups excluding carboxylic acids is 1. The number of ether oxygens (including phenoxy) is 3. The van der Waals surface area contributed by atoms with Crippen molar-refractivity contribution in [1.29, 1.82) is 0 Å². The van der Waals surface area contributed by atoms with Gasteiger partial charge in [-0.3, -0.25) is 0 Å². The summed E-state index contributed by atoms with van der Waals surface area (Å²) in [6, 6.07) is 4.10. The first-order valence-corrected chi connectivity index (χ1v) is 8.24. The fourth-order valence-corrected chi connectivity index (χ4v) is 4.30. The van der Waals surface area contributed by atoms with E-state index in [0.29, 0.717) is 6.42 Å². The predicted molar refractivity (Wildman–Crippen MR) is 88.3 cm³/mol. The molecule has 0 aromatic heterocycles. The van der Waals surface area contributed by atoms with Crippen molar-refractivity contribution in [2.75, 3.05) is 20.7 Å². The summed E-state index contributed by atoms with van der Waals surface area (Å²) in [6.07, 6.45) is 4.49. The number of amides is 1. The first-order chi connectivity index (χ1) is 11.5. The van der Waals surface area contributed by atoms with Crippen LogP contribution in [0.5, 0.6) is 11.5 Å². The Bertz CT molecular complexity index is 717. The molecular formula is C18H22N2O4. The van der Waals surface area contributed by atoms with Gasteiger partial charge in [-0.15, -0.1) is 0 Å². The van der Waals surface area contributed by atoms with E-state index < -0.39 is 6.09 Å². The van der Waals surface area contributed by atoms with Gasteiger partial charge in [0.25, 0.3) is 0 Å². The molecule has 0 bridgehead atoms. The van der Waals surface area contributed by atoms with Crippen LogP contribution < -0.4 is 15.2 Å². The second-order valence-electron chi connectivity index (χ2n) is 6.84. The van der Waals surface area contributed by atoms with Gasteiger partial charge in [-0.1, -0.05) is 12.1 Å². The van der Waals surface area contributed by atoms with Crippen LogP contribution in [0.4, 0.5) is 4.79 Å². The van der Waals surface area contributed by atoms with Gasteiger partial charge in [0.05, 0.1) is 12.5 Å². The average molecular weight is 330 g/mol. The van der Waals surface area contributed by atoms with Crippen molar-refractivity contribution < 1.29 is 19.0 Å². The SMILES string of the molecule is COc1ccc2c3c1OC1C[C@@H](OC(N)=O)C=C[C@@]31CCN(C)C2. The monoisotopic (exact) mass is 330 g/mol. The zero-order chi connectivity index (χ0) is 16.9. The van der Waals surface area contributed by atoms with Crippen molar-refractivity contribution in [3.8, 4) is 11.5 Å². The van der Waals surface area contributed by atoms with Gasteiger partial charge in [0, 0.05) is 18.5 Å². The molecule has 0 saturated carbocycles. The van der Waals surface area contributed by atoms with Crippen LogP contribution in [-0.4, -0.2) is 43.9 Å². The van der Waals surface area contributed by atoms with Crippen molar-refractivity contribution in [2.45, 2.75) is 37.0 Å². The molecule has 6 heteroatoms. The number of nitrogens with zero attached hydrogens (tertiary/aromatic N) is 1. The Morgan fingerprint density at radius 3 is 3.04 bits per heavy atom. The van der Waals surface area contributed by atoms with Crippen LogP contribution in [0.1, 0.15) is 24.0 Å². The Kier molecular flexibility index (Phi) is 3.46. The molecule has 2 N–H and O–H groups in total. The minimum Gasteiger partial charge on any atom is -0.493 e. The Morgan fingerprint density at radius 1 is 1.46 bits per heavy atom. The summed E-state index contributed by atoms with van der Waals surface area (Å²) in [7, 11) is 3.80. The fraction of sp³-hybridized carbons (Fsp3) is 0.500. The van der Waals surface area contributed by atoms with E-state index in [4.69, 9.17) is 19.9 Å². The lowest BCUT2D eigenvalue weighted by Crippen LogP contribution is -2.44. The zero-order valence-electron chi connectivity index (χ0n) is 14.0. The van der Waals surface area contributed by atoms with E-state index in [1.807, 2.05) is 12.1 Å². The summed E-state index contributed by atoms with van der Waals surface area (Å²) < 4.78 is 17.0. The van der Waals surface area contributed by atoms with Gasteiger partial charge < -0.3 is 24.8 Å². The predicted octanol–water partition coefficient (Wildman–Crippen LogP) is 1.95. The molecule has 3 atom stereocenters. The number of carbonyl (C=O) groups is 1. The normalized spacial score (nSPS) is 30.8. The number of methoxy groups -OCH3 is 1. The molecule has 1 spiro atoms. The summed E-state index contributed by atoms with van der Waals surface area (Å²) in [4.78, 5) is 13.4. The van der Waals surface area contributed by atoms with Crippen LogP contribution >= 0.6 is 0 Å². The minimum atomic E-state index is -0.755. The second-order valence-corrected chi connectivity index (χ2v) is 6.84. The van der Waals surface area contributed by atoms with Crippen molar-refractivity contribution in [2.24, 2.45) is 5.73 Å². The maximum atomic E-state index is 11.1. The van der Waals surface area contributed by atoms with E-state index in [2.05, 4.69) is 24.1 Å². The number of hydrogen-bond donors (Lipinski definition) is 1. The third-order valence-electron chi connectivity index (χ3n) is 5.40. The Labute approximate surface area is 141 Å². The highest BCUT2D eigenvalue weighted by Gasteiger charge is 2.53. The smallest absolute Gasteiger partial charge is 0.405 e. The maximum absolute atomic E-state index is 11.1. The van der Waals surface area contributed by atoms with Crippen molar-refractivity contribution in [1.82, 2.24) is 4.90 Å². The van der Waals surface area contributed by atoms with Crippen LogP contribution in [0.15, 0.2) is 24.3 Å². The van der Waals surface area contributed by atoms with Crippen LogP contribution in [0.2, 0.25) is 0 Å². The largest absolute Gasteiger partial charge is 0.493 e. The van der Waals surface area contributed by atoms with Gasteiger partial charge in [0.2, 0.25) is 0 Å². The van der Waals surface area contributed by atoms with Gasteiger partial charge >= 0.3 is 6.09 Å². The molecule has 1 amide bonds. The van der Waals surface area contributed by atoms with Crippen LogP contribution in [-0.2, 0) is 16.7 Å². The molecule has 2 aliphatic heterocycles. The van der Waals surface area contributed by atoms with E-state index in [-0.39, 0.29) is 17.6 Å². The Morgan fingerprint density at radius 2 is 2.29 bits per heavy atom. The van der Waals surface area contributed by atoms with Crippen LogP contribution in [0.3, 0.4) is 0 Å². The lowest BCUT2D eigenvalue weighted by Gasteiger charge is -2.36. The third-order valence-corrected chi connectivity index (χ3v) is 5.40. The van der Waals surface area contributed by atoms with E-state index >= 15 is 0 Å². The van der Waals surface area contributed by atoms with Crippen LogP contribution in [0, 0.1) is 0 Å². The summed E-state index contributed by atoms with van der Waals surface area (Å²) >= 11 is 0. The van der Waals surface area contributed by atoms with Gasteiger partial charge in [0.15, 0.2) is 11.5 Å². The molecule has 128 valence electrons. The zero-order valence-corrected chi connectivity index (χ0v) is 14.0. The lowest BCUT2D eigenvalue weighted by molar-refractivity contribution is 0.0648. The maximum Gasteiger partial charge on any atom is 0.405 e. The standard InChI is InChI=1S/C18H22N2O4/c1-20-8-7-18-6-5-12(23-17(19)21)9-14(18)24-16-13(22-2)4-3-11(10-20)15(16)18/h3-6,12,14H,7-10H2,1-2H3,(H2,19,21)/t12-,14?,18-/m0/s1. The van der Waals surface area contributed by atoms with Crippen molar-refractivity contribution >= 4 is 6.09 Å². The number of hydrogen-bond acceptors (Lipinski definition) is 5. The molecule has 1 unspecified atom stereocenters. The van der Waals surface area contributed by atoms with Gasteiger partial charge in [-0.25, -0.2) is 4.79 Å². The molecule has 0 fully saturated rings. The highest BCUT2D eigenvalue weighted by atomic mass is 16.6. The summed E-state index contributed by atoms with van der Waals surface area (Å²) in [5.74, 6) is 1.59. The Balaban J connectivity index is 1.82. The number of benzene rings is 1. The molecule has 0 saturated heterocycles. The minimum absolute atomic E-state index is 0.0802. The topological polar surface area (TPSA) is 74.0 Å². The van der Waals surface area contributed by atoms with Gasteiger partial charge in [-0.05, 0) is 37.7 Å². The molecule has 24 heavy (non-hydrogen) atoms. The quantitative estimate of drug-likeness (QED) is 0.839. The number of nitrogens with two attached hydrogens (primary N) is 1. The molecule has 2 heterocycles. The summed E-state index contributed by atoms with van der Waals surface area (Å²) in [5, 5.41) is 0. The van der Waals surface area contributed by atoms with E-state index in [0.717, 1.165) is 31.0 Å². The first-order valence-electron chi connectivity index (χ1n) is 8.24. The Hall–Kier alpha value is -2.21. The molecule has 6 nitrogen and oxygen atoms in total. The number of primary amides is 1. The van der Waals surface area contributed by atoms with Gasteiger partial charge in [-0.2, -0.15) is 0 Å². The lowest BCUT2D eigenvalue weighted by atomic mass is 9.69. The molecule has 0 radical (unpaired) electrons. The third kappa shape index (κ3) is 2.17. The highest BCUT2D eigenvalue weighted by Crippen LogP contribution is 2.55. The molecule has 1 aromatic carbocycles. The van der Waals surface area contributed by atoms with E-state index in [1.54, 1.807) is 7.11 Å². The number of rotatable bonds is 2. The fourth-order valence-electron chi connectivity index (χ4n) is 4.30. The van der Waals surface area contributed by atoms with E-state index in [1.165, 1.54) is 11.1 Å². The molecule has 4 rings (SSSR count). The second kappa shape index (κ2) is 5.41. The van der Waals surface area contributed by atoms with Crippen molar-refractivity contribution in [3.63, 3.8) is 0 Å². The van der Waals surface area contributed by atoms with E-state index in [9.17, 15) is 4.79 Å². The first kappa shape index (κ1) is 15.3. The summed E-state index contributed by atoms with van der Waals surface area (Å²) in [5.41, 5.74) is 7.48.